The first kappa shape index (κ1) is 10.4. The van der Waals surface area contributed by atoms with Crippen molar-refractivity contribution in [1.82, 2.24) is 9.71 Å². The lowest BCUT2D eigenvalue weighted by Crippen LogP contribution is -2.35. The van der Waals surface area contributed by atoms with E-state index in [2.05, 4.69) is 9.71 Å². The van der Waals surface area contributed by atoms with Crippen LogP contribution < -0.4 is 10.5 Å². The Morgan fingerprint density at radius 2 is 2.20 bits per heavy atom. The molecule has 1 aromatic heterocycles. The highest BCUT2D eigenvalue weighted by molar-refractivity contribution is 7.89. The van der Waals surface area contributed by atoms with Crippen LogP contribution in [0.5, 0.6) is 0 Å². The van der Waals surface area contributed by atoms with Crippen molar-refractivity contribution >= 4 is 15.7 Å². The largest absolute Gasteiger partial charge is 0.396 e. The number of nitrogens with zero attached hydrogens (tertiary/aromatic N) is 1. The molecule has 0 radical (unpaired) electrons. The van der Waals surface area contributed by atoms with Gasteiger partial charge in [0.1, 0.15) is 0 Å². The van der Waals surface area contributed by atoms with E-state index in [0.717, 1.165) is 12.8 Å². The molecule has 6 heteroatoms. The van der Waals surface area contributed by atoms with E-state index in [4.69, 9.17) is 5.73 Å². The molecule has 15 heavy (non-hydrogen) atoms. The highest BCUT2D eigenvalue weighted by Crippen LogP contribution is 2.36. The number of pyridine rings is 1. The number of nitrogen functional groups attached to an aromatic ring is 1. The van der Waals surface area contributed by atoms with Gasteiger partial charge in [0.2, 0.25) is 0 Å². The molecular formula is C9H13N3O2S. The van der Waals surface area contributed by atoms with Gasteiger partial charge >= 0.3 is 0 Å². The number of rotatable bonds is 3. The van der Waals surface area contributed by atoms with E-state index in [1.807, 2.05) is 6.92 Å². The summed E-state index contributed by atoms with van der Waals surface area (Å²) in [6, 6.07) is 3.13. The lowest BCUT2D eigenvalue weighted by molar-refractivity contribution is 0.555. The van der Waals surface area contributed by atoms with Crippen LogP contribution in [-0.4, -0.2) is 18.9 Å². The average molecular weight is 227 g/mol. The highest BCUT2D eigenvalue weighted by atomic mass is 32.2. The Morgan fingerprint density at radius 1 is 1.53 bits per heavy atom. The second-order valence-electron chi connectivity index (χ2n) is 4.06. The van der Waals surface area contributed by atoms with Crippen LogP contribution in [0.1, 0.15) is 19.8 Å². The Labute approximate surface area is 88.8 Å². The first-order valence-corrected chi connectivity index (χ1v) is 6.16. The Morgan fingerprint density at radius 3 is 2.73 bits per heavy atom. The molecule has 1 aliphatic carbocycles. The lowest BCUT2D eigenvalue weighted by atomic mass is 10.4. The Hall–Kier alpha value is -1.14. The monoisotopic (exact) mass is 227 g/mol. The van der Waals surface area contributed by atoms with Crippen LogP contribution in [-0.2, 0) is 10.0 Å². The lowest BCUT2D eigenvalue weighted by Gasteiger charge is -2.12. The summed E-state index contributed by atoms with van der Waals surface area (Å²) in [5, 5.41) is -0.0851. The zero-order valence-electron chi connectivity index (χ0n) is 8.40. The van der Waals surface area contributed by atoms with E-state index in [1.54, 1.807) is 6.07 Å². The summed E-state index contributed by atoms with van der Waals surface area (Å²) < 4.78 is 26.3. The zero-order chi connectivity index (χ0) is 11.1. The smallest absolute Gasteiger partial charge is 0.260 e. The molecule has 0 aromatic carbocycles. The van der Waals surface area contributed by atoms with Crippen molar-refractivity contribution in [2.45, 2.75) is 30.3 Å². The van der Waals surface area contributed by atoms with Gasteiger partial charge in [0.15, 0.2) is 5.03 Å². The van der Waals surface area contributed by atoms with Crippen LogP contribution >= 0.6 is 0 Å². The van der Waals surface area contributed by atoms with E-state index in [1.165, 1.54) is 12.3 Å². The zero-order valence-corrected chi connectivity index (χ0v) is 9.21. The molecular weight excluding hydrogens is 214 g/mol. The van der Waals surface area contributed by atoms with Crippen molar-refractivity contribution < 1.29 is 8.42 Å². The molecule has 3 N–H and O–H groups in total. The second kappa shape index (κ2) is 3.18. The fourth-order valence-electron chi connectivity index (χ4n) is 1.29. The second-order valence-corrected chi connectivity index (χ2v) is 5.66. The van der Waals surface area contributed by atoms with Gasteiger partial charge in [-0.2, -0.15) is 0 Å². The number of nitrogens with two attached hydrogens (primary N) is 1. The first-order valence-electron chi connectivity index (χ1n) is 4.67. The predicted molar refractivity (Wildman–Crippen MR) is 56.6 cm³/mol. The minimum Gasteiger partial charge on any atom is -0.396 e. The maximum absolute atomic E-state index is 11.9. The number of sulfonamides is 1. The van der Waals surface area contributed by atoms with E-state index in [9.17, 15) is 8.42 Å². The molecule has 2 rings (SSSR count). The summed E-state index contributed by atoms with van der Waals surface area (Å²) in [4.78, 5) is 3.79. The summed E-state index contributed by atoms with van der Waals surface area (Å²) in [5.74, 6) is 0. The highest BCUT2D eigenvalue weighted by Gasteiger charge is 2.41. The maximum atomic E-state index is 11.9. The number of anilines is 1. The van der Waals surface area contributed by atoms with Crippen LogP contribution in [0.15, 0.2) is 23.4 Å². The molecule has 0 unspecified atom stereocenters. The van der Waals surface area contributed by atoms with Gasteiger partial charge in [0, 0.05) is 11.7 Å². The molecule has 0 aliphatic heterocycles. The molecule has 0 atom stereocenters. The number of aromatic nitrogens is 1. The summed E-state index contributed by atoms with van der Waals surface area (Å²) in [5.41, 5.74) is 5.44. The average Bonchev–Trinajstić information content (AvgIpc) is 2.82. The van der Waals surface area contributed by atoms with Crippen molar-refractivity contribution in [3.63, 3.8) is 0 Å². The van der Waals surface area contributed by atoms with Gasteiger partial charge in [0.05, 0.1) is 5.69 Å². The van der Waals surface area contributed by atoms with Gasteiger partial charge in [-0.3, -0.25) is 0 Å². The first-order chi connectivity index (χ1) is 6.93. The van der Waals surface area contributed by atoms with Crippen molar-refractivity contribution in [1.29, 1.82) is 0 Å². The topological polar surface area (TPSA) is 85.1 Å². The van der Waals surface area contributed by atoms with E-state index in [-0.39, 0.29) is 16.3 Å². The fraction of sp³-hybridized carbons (Fsp3) is 0.444. The summed E-state index contributed by atoms with van der Waals surface area (Å²) in [6.07, 6.45) is 3.14. The molecule has 1 aromatic rings. The molecule has 0 saturated heterocycles. The third-order valence-electron chi connectivity index (χ3n) is 2.44. The van der Waals surface area contributed by atoms with Crippen molar-refractivity contribution in [2.24, 2.45) is 0 Å². The van der Waals surface area contributed by atoms with Gasteiger partial charge in [-0.1, -0.05) is 0 Å². The van der Waals surface area contributed by atoms with E-state index < -0.39 is 10.0 Å². The molecule has 82 valence electrons. The summed E-state index contributed by atoms with van der Waals surface area (Å²) in [7, 11) is -3.57. The van der Waals surface area contributed by atoms with Crippen LogP contribution in [0.4, 0.5) is 5.69 Å². The fourth-order valence-corrected chi connectivity index (χ4v) is 2.82. The number of nitrogens with one attached hydrogen (secondary N) is 1. The van der Waals surface area contributed by atoms with Crippen LogP contribution in [0.2, 0.25) is 0 Å². The Balaban J connectivity index is 2.33. The number of hydrogen-bond acceptors (Lipinski definition) is 4. The minimum atomic E-state index is -3.57. The third kappa shape index (κ3) is 2.10. The Bertz CT molecular complexity index is 480. The summed E-state index contributed by atoms with van der Waals surface area (Å²) in [6.45, 7) is 1.86. The molecule has 5 nitrogen and oxygen atoms in total. The maximum Gasteiger partial charge on any atom is 0.260 e. The summed E-state index contributed by atoms with van der Waals surface area (Å²) >= 11 is 0. The van der Waals surface area contributed by atoms with Crippen molar-refractivity contribution in [3.05, 3.63) is 18.3 Å². The molecule has 1 aliphatic rings. The quantitative estimate of drug-likeness (QED) is 0.787. The molecule has 1 heterocycles. The molecule has 0 amide bonds. The van der Waals surface area contributed by atoms with Crippen molar-refractivity contribution in [2.75, 3.05) is 5.73 Å². The van der Waals surface area contributed by atoms with Gasteiger partial charge in [-0.05, 0) is 31.9 Å². The van der Waals surface area contributed by atoms with E-state index in [0.29, 0.717) is 0 Å². The number of hydrogen-bond donors (Lipinski definition) is 2. The predicted octanol–water partition coefficient (Wildman–Crippen LogP) is 0.495. The standard InChI is InChI=1S/C9H13N3O2S/c1-9(4-5-9)12-15(13,14)8-7(10)3-2-6-11-8/h2-3,6,12H,4-5,10H2,1H3. The molecule has 0 spiro atoms. The van der Waals surface area contributed by atoms with E-state index >= 15 is 0 Å². The van der Waals surface area contributed by atoms with Crippen LogP contribution in [0.3, 0.4) is 0 Å². The van der Waals surface area contributed by atoms with Gasteiger partial charge in [0.25, 0.3) is 10.0 Å². The van der Waals surface area contributed by atoms with Gasteiger partial charge < -0.3 is 5.73 Å². The van der Waals surface area contributed by atoms with Gasteiger partial charge in [-0.15, -0.1) is 0 Å². The SMILES string of the molecule is CC1(NS(=O)(=O)c2ncccc2N)CC1. The third-order valence-corrected chi connectivity index (χ3v) is 4.05. The molecule has 0 bridgehead atoms. The Kier molecular flexibility index (Phi) is 2.20. The van der Waals surface area contributed by atoms with Crippen LogP contribution in [0.25, 0.3) is 0 Å². The molecule has 1 saturated carbocycles. The molecule has 1 fully saturated rings. The van der Waals surface area contributed by atoms with Gasteiger partial charge in [-0.25, -0.2) is 18.1 Å². The van der Waals surface area contributed by atoms with Crippen molar-refractivity contribution in [3.8, 4) is 0 Å². The minimum absolute atomic E-state index is 0.0851. The normalized spacial score (nSPS) is 18.7. The van der Waals surface area contributed by atoms with Crippen LogP contribution in [0, 0.1) is 0 Å².